The molecule has 1 aromatic rings. The number of para-hydroxylation sites is 1. The van der Waals surface area contributed by atoms with Gasteiger partial charge in [0.25, 0.3) is 0 Å². The number of fused-ring (bicyclic) bond motifs is 1. The molecular weight excluding hydrogens is 252 g/mol. The lowest BCUT2D eigenvalue weighted by molar-refractivity contribution is 0.0688. The number of aliphatic hydroxyl groups is 1. The monoisotopic (exact) mass is 278 g/mol. The van der Waals surface area contributed by atoms with E-state index in [9.17, 15) is 5.11 Å². The number of rotatable bonds is 6. The van der Waals surface area contributed by atoms with Crippen LogP contribution in [0.4, 0.5) is 5.69 Å². The average Bonchev–Trinajstić information content (AvgIpc) is 2.61. The van der Waals surface area contributed by atoms with Crippen LogP contribution in [0.5, 0.6) is 0 Å². The van der Waals surface area contributed by atoms with Crippen LogP contribution < -0.4 is 10.2 Å². The summed E-state index contributed by atoms with van der Waals surface area (Å²) in [5.41, 5.74) is 2.59. The molecule has 1 heterocycles. The summed E-state index contributed by atoms with van der Waals surface area (Å²) < 4.78 is 5.04. The highest BCUT2D eigenvalue weighted by molar-refractivity contribution is 5.56. The van der Waals surface area contributed by atoms with Gasteiger partial charge in [-0.3, -0.25) is 0 Å². The summed E-state index contributed by atoms with van der Waals surface area (Å²) in [5.74, 6) is 0. The molecule has 0 aliphatic carbocycles. The molecule has 0 amide bonds. The van der Waals surface area contributed by atoms with E-state index in [1.54, 1.807) is 7.11 Å². The van der Waals surface area contributed by atoms with Crippen LogP contribution in [-0.4, -0.2) is 44.6 Å². The number of methoxy groups -OCH3 is 1. The lowest BCUT2D eigenvalue weighted by atomic mass is 10.0. The van der Waals surface area contributed by atoms with Gasteiger partial charge in [0, 0.05) is 31.9 Å². The lowest BCUT2D eigenvalue weighted by Crippen LogP contribution is -2.35. The molecule has 2 unspecified atom stereocenters. The molecule has 0 aromatic heterocycles. The predicted octanol–water partition coefficient (Wildman–Crippen LogP) is 1.94. The van der Waals surface area contributed by atoms with E-state index >= 15 is 0 Å². The Kier molecular flexibility index (Phi) is 5.83. The molecule has 0 radical (unpaired) electrons. The minimum absolute atomic E-state index is 0.384. The molecule has 0 fully saturated rings. The van der Waals surface area contributed by atoms with Gasteiger partial charge in [-0.05, 0) is 31.0 Å². The standard InChI is InChI=1S/C16H26N2O2/c1-3-17-15-8-6-10-18(11-13(19)12-20-2)16-9-5-4-7-14(15)16/h4-5,7,9,13,15,17,19H,3,6,8,10-12H2,1-2H3. The third-order valence-corrected chi connectivity index (χ3v) is 3.81. The summed E-state index contributed by atoms with van der Waals surface area (Å²) >= 11 is 0. The van der Waals surface area contributed by atoms with Crippen molar-refractivity contribution >= 4 is 5.69 Å². The van der Waals surface area contributed by atoms with E-state index in [2.05, 4.69) is 41.4 Å². The van der Waals surface area contributed by atoms with Gasteiger partial charge in [0.05, 0.1) is 12.7 Å². The first-order valence-electron chi connectivity index (χ1n) is 7.50. The first-order chi connectivity index (χ1) is 9.76. The number of aliphatic hydroxyl groups excluding tert-OH is 1. The smallest absolute Gasteiger partial charge is 0.0947 e. The van der Waals surface area contributed by atoms with Crippen molar-refractivity contribution in [1.82, 2.24) is 5.32 Å². The summed E-state index contributed by atoms with van der Waals surface area (Å²) in [7, 11) is 1.63. The fraction of sp³-hybridized carbons (Fsp3) is 0.625. The van der Waals surface area contributed by atoms with Gasteiger partial charge in [-0.1, -0.05) is 25.1 Å². The Morgan fingerprint density at radius 3 is 3.00 bits per heavy atom. The highest BCUT2D eigenvalue weighted by atomic mass is 16.5. The molecule has 20 heavy (non-hydrogen) atoms. The summed E-state index contributed by atoms with van der Waals surface area (Å²) in [6.07, 6.45) is 1.83. The van der Waals surface area contributed by atoms with Crippen LogP contribution in [0.25, 0.3) is 0 Å². The molecule has 2 N–H and O–H groups in total. The normalized spacial score (nSPS) is 20.4. The topological polar surface area (TPSA) is 44.7 Å². The summed E-state index contributed by atoms with van der Waals surface area (Å²) in [6, 6.07) is 8.94. The molecule has 0 saturated carbocycles. The Bertz CT molecular complexity index is 411. The van der Waals surface area contributed by atoms with Gasteiger partial charge in [0.2, 0.25) is 0 Å². The van der Waals surface area contributed by atoms with Gasteiger partial charge in [-0.25, -0.2) is 0 Å². The fourth-order valence-electron chi connectivity index (χ4n) is 2.98. The molecular formula is C16H26N2O2. The number of β-amino-alcohol motifs (C(OH)–C–C–N with tert-alkyl or cyclic N) is 1. The van der Waals surface area contributed by atoms with Gasteiger partial charge < -0.3 is 20.1 Å². The Labute approximate surface area is 121 Å². The SMILES string of the molecule is CCNC1CCCN(CC(O)COC)c2ccccc21. The highest BCUT2D eigenvalue weighted by Gasteiger charge is 2.23. The van der Waals surface area contributed by atoms with E-state index in [-0.39, 0.29) is 0 Å². The maximum Gasteiger partial charge on any atom is 0.0947 e. The van der Waals surface area contributed by atoms with Gasteiger partial charge in [0.1, 0.15) is 0 Å². The van der Waals surface area contributed by atoms with Crippen molar-refractivity contribution in [2.75, 3.05) is 38.3 Å². The van der Waals surface area contributed by atoms with Crippen LogP contribution in [0, 0.1) is 0 Å². The van der Waals surface area contributed by atoms with Crippen LogP contribution in [0.3, 0.4) is 0 Å². The molecule has 0 bridgehead atoms. The van der Waals surface area contributed by atoms with E-state index in [0.717, 1.165) is 25.9 Å². The third kappa shape index (κ3) is 3.72. The highest BCUT2D eigenvalue weighted by Crippen LogP contribution is 2.32. The van der Waals surface area contributed by atoms with E-state index in [4.69, 9.17) is 4.74 Å². The molecule has 4 nitrogen and oxygen atoms in total. The number of anilines is 1. The lowest BCUT2D eigenvalue weighted by Gasteiger charge is -2.28. The van der Waals surface area contributed by atoms with Crippen LogP contribution in [0.1, 0.15) is 31.4 Å². The van der Waals surface area contributed by atoms with Crippen molar-refractivity contribution in [3.05, 3.63) is 29.8 Å². The number of ether oxygens (including phenoxy) is 1. The maximum absolute atomic E-state index is 10.0. The van der Waals surface area contributed by atoms with E-state index in [0.29, 0.717) is 19.2 Å². The third-order valence-electron chi connectivity index (χ3n) is 3.81. The fourth-order valence-corrected chi connectivity index (χ4v) is 2.98. The molecule has 1 aromatic carbocycles. The quantitative estimate of drug-likeness (QED) is 0.835. The zero-order valence-electron chi connectivity index (χ0n) is 12.5. The largest absolute Gasteiger partial charge is 0.389 e. The number of benzene rings is 1. The van der Waals surface area contributed by atoms with Crippen LogP contribution in [-0.2, 0) is 4.74 Å². The van der Waals surface area contributed by atoms with E-state index in [1.807, 2.05) is 0 Å². The number of hydrogen-bond acceptors (Lipinski definition) is 4. The minimum atomic E-state index is -0.441. The average molecular weight is 278 g/mol. The summed E-state index contributed by atoms with van der Waals surface area (Å²) in [5, 5.41) is 13.6. The van der Waals surface area contributed by atoms with Crippen molar-refractivity contribution < 1.29 is 9.84 Å². The molecule has 1 aliphatic rings. The Balaban J connectivity index is 2.19. The molecule has 1 aliphatic heterocycles. The molecule has 2 rings (SSSR count). The van der Waals surface area contributed by atoms with Crippen LogP contribution in [0.15, 0.2) is 24.3 Å². The Morgan fingerprint density at radius 1 is 1.45 bits per heavy atom. The second-order valence-electron chi connectivity index (χ2n) is 5.37. The zero-order valence-corrected chi connectivity index (χ0v) is 12.5. The van der Waals surface area contributed by atoms with Gasteiger partial charge >= 0.3 is 0 Å². The molecule has 2 atom stereocenters. The van der Waals surface area contributed by atoms with Crippen LogP contribution >= 0.6 is 0 Å². The second kappa shape index (κ2) is 7.62. The first-order valence-corrected chi connectivity index (χ1v) is 7.50. The van der Waals surface area contributed by atoms with Crippen molar-refractivity contribution in [3.8, 4) is 0 Å². The van der Waals surface area contributed by atoms with E-state index < -0.39 is 6.10 Å². The van der Waals surface area contributed by atoms with Gasteiger partial charge in [0.15, 0.2) is 0 Å². The summed E-state index contributed by atoms with van der Waals surface area (Å²) in [4.78, 5) is 2.29. The second-order valence-corrected chi connectivity index (χ2v) is 5.37. The molecule has 0 spiro atoms. The van der Waals surface area contributed by atoms with Crippen molar-refractivity contribution in [3.63, 3.8) is 0 Å². The van der Waals surface area contributed by atoms with Crippen molar-refractivity contribution in [1.29, 1.82) is 0 Å². The molecule has 0 saturated heterocycles. The van der Waals surface area contributed by atoms with Gasteiger partial charge in [-0.15, -0.1) is 0 Å². The number of nitrogens with zero attached hydrogens (tertiary/aromatic N) is 1. The van der Waals surface area contributed by atoms with Crippen LogP contribution in [0.2, 0.25) is 0 Å². The number of nitrogens with one attached hydrogen (secondary N) is 1. The molecule has 112 valence electrons. The zero-order chi connectivity index (χ0) is 14.4. The minimum Gasteiger partial charge on any atom is -0.389 e. The first kappa shape index (κ1) is 15.3. The van der Waals surface area contributed by atoms with Gasteiger partial charge in [-0.2, -0.15) is 0 Å². The summed E-state index contributed by atoms with van der Waals surface area (Å²) in [6.45, 7) is 5.12. The Hall–Kier alpha value is -1.10. The molecule has 4 heteroatoms. The predicted molar refractivity (Wildman–Crippen MR) is 82.2 cm³/mol. The Morgan fingerprint density at radius 2 is 2.25 bits per heavy atom. The van der Waals surface area contributed by atoms with Crippen molar-refractivity contribution in [2.24, 2.45) is 0 Å². The maximum atomic E-state index is 10.0. The number of hydrogen-bond donors (Lipinski definition) is 2. The van der Waals surface area contributed by atoms with Crippen molar-refractivity contribution in [2.45, 2.75) is 31.9 Å². The van der Waals surface area contributed by atoms with E-state index in [1.165, 1.54) is 11.3 Å².